The maximum absolute atomic E-state index is 12.5. The van der Waals surface area contributed by atoms with Crippen LogP contribution < -0.4 is 0 Å². The lowest BCUT2D eigenvalue weighted by Gasteiger charge is -2.42. The first-order chi connectivity index (χ1) is 10.9. The standard InChI is InChI=1S/C14H20N2O6S/c1-23(18,19)16-4-6-21-11-14(10-16)9-15(3-7-22-14)13(17)12-2-5-20-8-12/h2,5,8H,3-4,6-7,9-11H2,1H3. The Labute approximate surface area is 135 Å². The molecule has 0 bridgehead atoms. The monoisotopic (exact) mass is 344 g/mol. The number of hydrogen-bond acceptors (Lipinski definition) is 6. The van der Waals surface area contributed by atoms with Crippen LogP contribution >= 0.6 is 0 Å². The second kappa shape index (κ2) is 6.23. The van der Waals surface area contributed by atoms with Crippen LogP contribution in [0.1, 0.15) is 10.4 Å². The van der Waals surface area contributed by atoms with Gasteiger partial charge in [-0.3, -0.25) is 4.79 Å². The van der Waals surface area contributed by atoms with Gasteiger partial charge in [-0.2, -0.15) is 4.31 Å². The molecule has 0 aromatic carbocycles. The molecule has 1 spiro atoms. The third kappa shape index (κ3) is 3.57. The molecular weight excluding hydrogens is 324 g/mol. The average molecular weight is 344 g/mol. The fraction of sp³-hybridized carbons (Fsp3) is 0.643. The van der Waals surface area contributed by atoms with E-state index >= 15 is 0 Å². The van der Waals surface area contributed by atoms with Gasteiger partial charge in [0.15, 0.2) is 0 Å². The zero-order chi connectivity index (χ0) is 16.5. The first-order valence-electron chi connectivity index (χ1n) is 7.38. The fourth-order valence-corrected chi connectivity index (χ4v) is 3.80. The Morgan fingerprint density at radius 2 is 2.09 bits per heavy atom. The number of sulfonamides is 1. The first-order valence-corrected chi connectivity index (χ1v) is 9.23. The molecule has 2 fully saturated rings. The van der Waals surface area contributed by atoms with Gasteiger partial charge in [0.1, 0.15) is 11.9 Å². The SMILES string of the molecule is CS(=O)(=O)N1CCOCC2(CN(C(=O)c3ccoc3)CCO2)C1. The number of morpholine rings is 1. The Morgan fingerprint density at radius 1 is 1.26 bits per heavy atom. The highest BCUT2D eigenvalue weighted by atomic mass is 32.2. The highest BCUT2D eigenvalue weighted by molar-refractivity contribution is 7.88. The third-order valence-electron chi connectivity index (χ3n) is 4.09. The lowest BCUT2D eigenvalue weighted by Crippen LogP contribution is -2.60. The molecule has 8 nitrogen and oxygen atoms in total. The largest absolute Gasteiger partial charge is 0.472 e. The van der Waals surface area contributed by atoms with Crippen LogP contribution in [0.3, 0.4) is 0 Å². The van der Waals surface area contributed by atoms with Crippen LogP contribution in [0, 0.1) is 0 Å². The second-order valence-electron chi connectivity index (χ2n) is 5.92. The zero-order valence-electron chi connectivity index (χ0n) is 12.9. The van der Waals surface area contributed by atoms with Crippen LogP contribution in [0.25, 0.3) is 0 Å². The first kappa shape index (κ1) is 16.4. The zero-order valence-corrected chi connectivity index (χ0v) is 13.8. The number of ether oxygens (including phenoxy) is 2. The van der Waals surface area contributed by atoms with Gasteiger partial charge in [-0.1, -0.05) is 0 Å². The summed E-state index contributed by atoms with van der Waals surface area (Å²) < 4.78 is 41.5. The highest BCUT2D eigenvalue weighted by Gasteiger charge is 2.43. The van der Waals surface area contributed by atoms with Crippen molar-refractivity contribution in [1.29, 1.82) is 0 Å². The summed E-state index contributed by atoms with van der Waals surface area (Å²) in [5, 5.41) is 0. The fourth-order valence-electron chi connectivity index (χ4n) is 2.92. The molecule has 1 amide bonds. The molecule has 1 atom stereocenters. The van der Waals surface area contributed by atoms with Gasteiger partial charge in [0, 0.05) is 19.6 Å². The topological polar surface area (TPSA) is 89.3 Å². The summed E-state index contributed by atoms with van der Waals surface area (Å²) in [6.07, 6.45) is 4.02. The molecule has 2 saturated heterocycles. The highest BCUT2D eigenvalue weighted by Crippen LogP contribution is 2.25. The van der Waals surface area contributed by atoms with Crippen molar-refractivity contribution >= 4 is 15.9 Å². The van der Waals surface area contributed by atoms with Crippen molar-refractivity contribution in [3.05, 3.63) is 24.2 Å². The maximum atomic E-state index is 12.5. The molecule has 0 N–H and O–H groups in total. The molecule has 0 aliphatic carbocycles. The van der Waals surface area contributed by atoms with Gasteiger partial charge in [0.25, 0.3) is 5.91 Å². The molecule has 1 aromatic heterocycles. The van der Waals surface area contributed by atoms with E-state index in [2.05, 4.69) is 0 Å². The molecule has 3 rings (SSSR count). The molecule has 1 unspecified atom stereocenters. The Balaban J connectivity index is 1.79. The lowest BCUT2D eigenvalue weighted by atomic mass is 10.0. The van der Waals surface area contributed by atoms with Crippen LogP contribution in [-0.4, -0.2) is 81.4 Å². The number of nitrogens with zero attached hydrogens (tertiary/aromatic N) is 2. The summed E-state index contributed by atoms with van der Waals surface area (Å²) in [5.41, 5.74) is -0.367. The summed E-state index contributed by atoms with van der Waals surface area (Å²) >= 11 is 0. The molecule has 23 heavy (non-hydrogen) atoms. The molecule has 3 heterocycles. The van der Waals surface area contributed by atoms with E-state index in [-0.39, 0.29) is 25.6 Å². The molecule has 128 valence electrons. The molecule has 9 heteroatoms. The summed E-state index contributed by atoms with van der Waals surface area (Å²) in [6.45, 7) is 2.11. The van der Waals surface area contributed by atoms with E-state index in [4.69, 9.17) is 13.9 Å². The quantitative estimate of drug-likeness (QED) is 0.737. The van der Waals surface area contributed by atoms with Gasteiger partial charge in [-0.05, 0) is 6.07 Å². The Morgan fingerprint density at radius 3 is 2.78 bits per heavy atom. The molecule has 0 saturated carbocycles. The predicted molar refractivity (Wildman–Crippen MR) is 80.5 cm³/mol. The van der Waals surface area contributed by atoms with Crippen LogP contribution in [0.4, 0.5) is 0 Å². The number of amides is 1. The average Bonchev–Trinajstić information content (AvgIpc) is 2.95. The van der Waals surface area contributed by atoms with Gasteiger partial charge in [0.2, 0.25) is 10.0 Å². The molecule has 2 aliphatic heterocycles. The number of furan rings is 1. The van der Waals surface area contributed by atoms with Crippen LogP contribution in [0.5, 0.6) is 0 Å². The van der Waals surface area contributed by atoms with Gasteiger partial charge in [-0.15, -0.1) is 0 Å². The van der Waals surface area contributed by atoms with Crippen molar-refractivity contribution in [2.45, 2.75) is 5.60 Å². The smallest absolute Gasteiger partial charge is 0.257 e. The van der Waals surface area contributed by atoms with E-state index in [0.29, 0.717) is 31.9 Å². The minimum absolute atomic E-state index is 0.156. The van der Waals surface area contributed by atoms with Crippen molar-refractivity contribution in [3.8, 4) is 0 Å². The van der Waals surface area contributed by atoms with Gasteiger partial charge >= 0.3 is 0 Å². The van der Waals surface area contributed by atoms with E-state index < -0.39 is 15.6 Å². The second-order valence-corrected chi connectivity index (χ2v) is 7.90. The molecule has 1 aromatic rings. The summed E-state index contributed by atoms with van der Waals surface area (Å²) in [6, 6.07) is 1.61. The van der Waals surface area contributed by atoms with Crippen LogP contribution in [0.2, 0.25) is 0 Å². The molecule has 0 radical (unpaired) electrons. The number of rotatable bonds is 2. The maximum Gasteiger partial charge on any atom is 0.257 e. The van der Waals surface area contributed by atoms with Crippen LogP contribution in [-0.2, 0) is 19.5 Å². The molecular formula is C14H20N2O6S. The summed E-state index contributed by atoms with van der Waals surface area (Å²) in [4.78, 5) is 14.1. The molecule has 2 aliphatic rings. The number of carbonyl (C=O) groups is 1. The Hall–Kier alpha value is -1.42. The lowest BCUT2D eigenvalue weighted by molar-refractivity contribution is -0.129. The minimum Gasteiger partial charge on any atom is -0.472 e. The van der Waals surface area contributed by atoms with Crippen molar-refractivity contribution in [2.24, 2.45) is 0 Å². The van der Waals surface area contributed by atoms with Crippen molar-refractivity contribution in [1.82, 2.24) is 9.21 Å². The van der Waals surface area contributed by atoms with E-state index in [0.717, 1.165) is 0 Å². The third-order valence-corrected chi connectivity index (χ3v) is 5.34. The minimum atomic E-state index is -3.35. The van der Waals surface area contributed by atoms with Gasteiger partial charge < -0.3 is 18.8 Å². The van der Waals surface area contributed by atoms with E-state index in [1.54, 1.807) is 11.0 Å². The predicted octanol–water partition coefficient (Wildman–Crippen LogP) is -0.217. The Bertz CT molecular complexity index is 659. The number of hydrogen-bond donors (Lipinski definition) is 0. The Kier molecular flexibility index (Phi) is 4.45. The van der Waals surface area contributed by atoms with Crippen LogP contribution in [0.15, 0.2) is 23.0 Å². The number of carbonyl (C=O) groups excluding carboxylic acids is 1. The van der Waals surface area contributed by atoms with Crippen molar-refractivity contribution in [2.75, 3.05) is 52.3 Å². The van der Waals surface area contributed by atoms with E-state index in [1.807, 2.05) is 0 Å². The van der Waals surface area contributed by atoms with Gasteiger partial charge in [-0.25, -0.2) is 8.42 Å². The van der Waals surface area contributed by atoms with E-state index in [1.165, 1.54) is 23.1 Å². The van der Waals surface area contributed by atoms with Crippen molar-refractivity contribution < 1.29 is 27.1 Å². The van der Waals surface area contributed by atoms with E-state index in [9.17, 15) is 13.2 Å². The summed E-state index contributed by atoms with van der Waals surface area (Å²) in [5.74, 6) is -0.156. The normalized spacial score (nSPS) is 27.1. The summed E-state index contributed by atoms with van der Waals surface area (Å²) in [7, 11) is -3.35. The van der Waals surface area contributed by atoms with Crippen molar-refractivity contribution in [3.63, 3.8) is 0 Å². The van der Waals surface area contributed by atoms with Gasteiger partial charge in [0.05, 0.1) is 44.4 Å².